The van der Waals surface area contributed by atoms with E-state index in [-0.39, 0.29) is 11.8 Å². The molecule has 1 unspecified atom stereocenters. The van der Waals surface area contributed by atoms with Gasteiger partial charge in [-0.2, -0.15) is 0 Å². The summed E-state index contributed by atoms with van der Waals surface area (Å²) in [5.41, 5.74) is -1.00. The molecule has 0 heterocycles. The molecular formula is C14H25NO3. The minimum atomic E-state index is -1.00. The highest BCUT2D eigenvalue weighted by Crippen LogP contribution is 2.31. The molecular weight excluding hydrogens is 230 g/mol. The lowest BCUT2D eigenvalue weighted by atomic mass is 9.87. The lowest BCUT2D eigenvalue weighted by Gasteiger charge is -2.29. The van der Waals surface area contributed by atoms with Gasteiger partial charge in [-0.05, 0) is 18.8 Å². The highest BCUT2D eigenvalue weighted by Gasteiger charge is 2.43. The molecule has 0 aromatic carbocycles. The van der Waals surface area contributed by atoms with E-state index in [1.807, 2.05) is 6.92 Å². The van der Waals surface area contributed by atoms with Crippen molar-refractivity contribution in [3.63, 3.8) is 0 Å². The minimum Gasteiger partial charge on any atom is -0.480 e. The molecule has 2 N–H and O–H groups in total. The van der Waals surface area contributed by atoms with Crippen LogP contribution in [0, 0.1) is 11.8 Å². The smallest absolute Gasteiger partial charge is 0.329 e. The fourth-order valence-electron chi connectivity index (χ4n) is 2.93. The van der Waals surface area contributed by atoms with Gasteiger partial charge >= 0.3 is 5.97 Å². The van der Waals surface area contributed by atoms with E-state index in [4.69, 9.17) is 0 Å². The summed E-state index contributed by atoms with van der Waals surface area (Å²) < 4.78 is 0. The summed E-state index contributed by atoms with van der Waals surface area (Å²) in [4.78, 5) is 23.6. The Morgan fingerprint density at radius 3 is 2.11 bits per heavy atom. The number of carbonyl (C=O) groups is 2. The first kappa shape index (κ1) is 15.0. The zero-order chi connectivity index (χ0) is 13.8. The molecule has 1 rings (SSSR count). The number of carboxylic acid groups (broad SMARTS) is 1. The van der Waals surface area contributed by atoms with E-state index in [1.54, 1.807) is 0 Å². The Morgan fingerprint density at radius 1 is 1.22 bits per heavy atom. The van der Waals surface area contributed by atoms with Crippen LogP contribution in [-0.4, -0.2) is 22.5 Å². The van der Waals surface area contributed by atoms with Gasteiger partial charge in [0.1, 0.15) is 5.54 Å². The Bertz CT molecular complexity index is 304. The van der Waals surface area contributed by atoms with Crippen molar-refractivity contribution in [2.24, 2.45) is 11.8 Å². The van der Waals surface area contributed by atoms with Gasteiger partial charge in [0.25, 0.3) is 0 Å². The number of aliphatic carboxylic acids is 1. The molecule has 1 saturated carbocycles. The molecule has 1 amide bonds. The molecule has 0 bridgehead atoms. The Hall–Kier alpha value is -1.06. The zero-order valence-electron chi connectivity index (χ0n) is 11.7. The average Bonchev–Trinajstić information content (AvgIpc) is 2.80. The maximum absolute atomic E-state index is 12.2. The van der Waals surface area contributed by atoms with Crippen molar-refractivity contribution in [2.75, 3.05) is 0 Å². The number of rotatable bonds is 6. The van der Waals surface area contributed by atoms with Crippen LogP contribution in [0.4, 0.5) is 0 Å². The Kier molecular flexibility index (Phi) is 5.17. The second-order valence-electron chi connectivity index (χ2n) is 5.45. The summed E-state index contributed by atoms with van der Waals surface area (Å²) in [6.45, 7) is 6.04. The fraction of sp³-hybridized carbons (Fsp3) is 0.857. The van der Waals surface area contributed by atoms with Crippen LogP contribution in [0.5, 0.6) is 0 Å². The minimum absolute atomic E-state index is 0.104. The number of carboxylic acids is 1. The second-order valence-corrected chi connectivity index (χ2v) is 5.45. The van der Waals surface area contributed by atoms with Crippen LogP contribution in [0.1, 0.15) is 59.3 Å². The van der Waals surface area contributed by atoms with Crippen molar-refractivity contribution in [1.29, 1.82) is 0 Å². The van der Waals surface area contributed by atoms with E-state index in [1.165, 1.54) is 0 Å². The molecule has 1 aliphatic carbocycles. The normalized spacial score (nSPS) is 19.8. The molecule has 4 heteroatoms. The third-order valence-corrected chi connectivity index (χ3v) is 4.40. The van der Waals surface area contributed by atoms with Crippen LogP contribution in [0.25, 0.3) is 0 Å². The van der Waals surface area contributed by atoms with E-state index in [2.05, 4.69) is 19.2 Å². The molecule has 0 aromatic rings. The van der Waals surface area contributed by atoms with Gasteiger partial charge in [-0.15, -0.1) is 0 Å². The summed E-state index contributed by atoms with van der Waals surface area (Å²) >= 11 is 0. The summed E-state index contributed by atoms with van der Waals surface area (Å²) in [6.07, 6.45) is 4.78. The maximum Gasteiger partial charge on any atom is 0.329 e. The van der Waals surface area contributed by atoms with E-state index >= 15 is 0 Å². The van der Waals surface area contributed by atoms with Gasteiger partial charge < -0.3 is 10.4 Å². The molecule has 0 aromatic heterocycles. The summed E-state index contributed by atoms with van der Waals surface area (Å²) in [7, 11) is 0. The third kappa shape index (κ3) is 3.03. The molecule has 4 nitrogen and oxygen atoms in total. The number of amides is 1. The van der Waals surface area contributed by atoms with Crippen LogP contribution in [0.3, 0.4) is 0 Å². The number of carbonyl (C=O) groups excluding carboxylic acids is 1. The molecule has 1 aliphatic rings. The highest BCUT2D eigenvalue weighted by molar-refractivity contribution is 5.88. The lowest BCUT2D eigenvalue weighted by molar-refractivity contribution is -0.148. The monoisotopic (exact) mass is 255 g/mol. The molecule has 18 heavy (non-hydrogen) atoms. The van der Waals surface area contributed by atoms with Gasteiger partial charge in [0.2, 0.25) is 5.91 Å². The predicted molar refractivity (Wildman–Crippen MR) is 70.2 cm³/mol. The van der Waals surface area contributed by atoms with Gasteiger partial charge in [-0.1, -0.05) is 46.5 Å². The average molecular weight is 255 g/mol. The van der Waals surface area contributed by atoms with E-state index in [0.717, 1.165) is 25.7 Å². The Labute approximate surface area is 109 Å². The first-order valence-electron chi connectivity index (χ1n) is 7.02. The van der Waals surface area contributed by atoms with Crippen molar-refractivity contribution >= 4 is 11.9 Å². The molecule has 0 radical (unpaired) electrons. The summed E-state index contributed by atoms with van der Waals surface area (Å²) in [5, 5.41) is 12.1. The van der Waals surface area contributed by atoms with Crippen molar-refractivity contribution in [1.82, 2.24) is 5.32 Å². The third-order valence-electron chi connectivity index (χ3n) is 4.40. The van der Waals surface area contributed by atoms with Gasteiger partial charge in [-0.25, -0.2) is 4.79 Å². The van der Waals surface area contributed by atoms with E-state index in [0.29, 0.717) is 18.8 Å². The summed E-state index contributed by atoms with van der Waals surface area (Å²) in [6, 6.07) is 0. The maximum atomic E-state index is 12.2. The van der Waals surface area contributed by atoms with Crippen LogP contribution in [0.15, 0.2) is 0 Å². The molecule has 1 atom stereocenters. The Morgan fingerprint density at radius 2 is 1.72 bits per heavy atom. The number of hydrogen-bond acceptors (Lipinski definition) is 2. The van der Waals surface area contributed by atoms with Crippen molar-refractivity contribution < 1.29 is 14.7 Å². The standard InChI is InChI=1S/C14H25NO3/c1-4-11(5-2)10(3)12(16)15-14(13(17)18)8-6-7-9-14/h10-11H,4-9H2,1-3H3,(H,15,16)(H,17,18). The topological polar surface area (TPSA) is 66.4 Å². The first-order valence-corrected chi connectivity index (χ1v) is 7.02. The van der Waals surface area contributed by atoms with Gasteiger partial charge in [0.15, 0.2) is 0 Å². The molecule has 1 fully saturated rings. The SMILES string of the molecule is CCC(CC)C(C)C(=O)NC1(C(=O)O)CCCC1. The predicted octanol–water partition coefficient (Wildman–Crippen LogP) is 2.57. The quantitative estimate of drug-likeness (QED) is 0.766. The van der Waals surface area contributed by atoms with Gasteiger partial charge in [0, 0.05) is 5.92 Å². The van der Waals surface area contributed by atoms with Crippen molar-refractivity contribution in [2.45, 2.75) is 64.8 Å². The van der Waals surface area contributed by atoms with E-state index < -0.39 is 11.5 Å². The summed E-state index contributed by atoms with van der Waals surface area (Å²) in [5.74, 6) is -0.771. The molecule has 104 valence electrons. The van der Waals surface area contributed by atoms with Crippen molar-refractivity contribution in [3.05, 3.63) is 0 Å². The van der Waals surface area contributed by atoms with Gasteiger partial charge in [0.05, 0.1) is 0 Å². The lowest BCUT2D eigenvalue weighted by Crippen LogP contribution is -2.54. The van der Waals surface area contributed by atoms with E-state index in [9.17, 15) is 14.7 Å². The van der Waals surface area contributed by atoms with Gasteiger partial charge in [-0.3, -0.25) is 4.79 Å². The largest absolute Gasteiger partial charge is 0.480 e. The second kappa shape index (κ2) is 6.21. The molecule has 0 saturated heterocycles. The number of hydrogen-bond donors (Lipinski definition) is 2. The Balaban J connectivity index is 2.70. The van der Waals surface area contributed by atoms with Crippen LogP contribution in [0.2, 0.25) is 0 Å². The molecule has 0 aliphatic heterocycles. The van der Waals surface area contributed by atoms with Crippen LogP contribution >= 0.6 is 0 Å². The number of nitrogens with one attached hydrogen (secondary N) is 1. The first-order chi connectivity index (χ1) is 8.46. The highest BCUT2D eigenvalue weighted by atomic mass is 16.4. The van der Waals surface area contributed by atoms with Crippen LogP contribution in [-0.2, 0) is 9.59 Å². The van der Waals surface area contributed by atoms with Crippen LogP contribution < -0.4 is 5.32 Å². The molecule has 0 spiro atoms. The zero-order valence-corrected chi connectivity index (χ0v) is 11.7. The van der Waals surface area contributed by atoms with Crippen molar-refractivity contribution in [3.8, 4) is 0 Å². The fourth-order valence-corrected chi connectivity index (χ4v) is 2.93.